The topological polar surface area (TPSA) is 75.2 Å². The average Bonchev–Trinajstić information content (AvgIpc) is 2.89. The van der Waals surface area contributed by atoms with Crippen molar-refractivity contribution in [2.24, 2.45) is 0 Å². The van der Waals surface area contributed by atoms with Gasteiger partial charge in [0.25, 0.3) is 0 Å². The minimum Gasteiger partial charge on any atom is -0.496 e. The normalized spacial score (nSPS) is 10.8. The first-order valence-electron chi connectivity index (χ1n) is 6.15. The van der Waals surface area contributed by atoms with E-state index < -0.39 is 5.97 Å². The zero-order chi connectivity index (χ0) is 15.0. The lowest BCUT2D eigenvalue weighted by molar-refractivity contribution is 0.0697. The Bertz CT molecular complexity index is 842. The Morgan fingerprint density at radius 2 is 2.10 bits per heavy atom. The Kier molecular flexibility index (Phi) is 3.39. The number of carboxylic acids is 1. The number of methoxy groups -OCH3 is 1. The van der Waals surface area contributed by atoms with Crippen LogP contribution >= 0.6 is 15.9 Å². The van der Waals surface area contributed by atoms with E-state index in [0.717, 1.165) is 21.3 Å². The second-order valence-corrected chi connectivity index (χ2v) is 5.33. The Balaban J connectivity index is 2.08. The van der Waals surface area contributed by atoms with Crippen molar-refractivity contribution in [2.75, 3.05) is 7.11 Å². The van der Waals surface area contributed by atoms with Crippen LogP contribution in [0.3, 0.4) is 0 Å². The molecule has 21 heavy (non-hydrogen) atoms. The Morgan fingerprint density at radius 1 is 1.29 bits per heavy atom. The third-order valence-corrected chi connectivity index (χ3v) is 3.77. The van der Waals surface area contributed by atoms with Gasteiger partial charge in [-0.25, -0.2) is 9.78 Å². The maximum Gasteiger partial charge on any atom is 0.335 e. The molecule has 0 fully saturated rings. The number of carbonyl (C=O) groups is 1. The van der Waals surface area contributed by atoms with Crippen LogP contribution < -0.4 is 4.74 Å². The van der Waals surface area contributed by atoms with Gasteiger partial charge in [0.15, 0.2) is 0 Å². The monoisotopic (exact) mass is 346 g/mol. The molecule has 0 aliphatic rings. The molecule has 3 aromatic rings. The van der Waals surface area contributed by atoms with Crippen molar-refractivity contribution < 1.29 is 14.6 Å². The molecule has 0 atom stereocenters. The first-order valence-corrected chi connectivity index (χ1v) is 6.95. The first-order chi connectivity index (χ1) is 10.1. The number of halogens is 1. The van der Waals surface area contributed by atoms with E-state index in [1.165, 1.54) is 0 Å². The molecule has 0 unspecified atom stereocenters. The minimum atomic E-state index is -0.958. The van der Waals surface area contributed by atoms with Crippen molar-refractivity contribution in [3.05, 3.63) is 46.4 Å². The predicted octanol–water partition coefficient (Wildman–Crippen LogP) is 3.70. The fourth-order valence-electron chi connectivity index (χ4n) is 2.09. The summed E-state index contributed by atoms with van der Waals surface area (Å²) in [5.74, 6) is 0.458. The van der Waals surface area contributed by atoms with Gasteiger partial charge < -0.3 is 14.8 Å². The predicted molar refractivity (Wildman–Crippen MR) is 82.7 cm³/mol. The zero-order valence-electron chi connectivity index (χ0n) is 11.1. The number of hydrogen-bond donors (Lipinski definition) is 2. The number of benzene rings is 2. The average molecular weight is 347 g/mol. The lowest BCUT2D eigenvalue weighted by Crippen LogP contribution is -1.94. The number of carboxylic acid groups (broad SMARTS) is 1. The molecule has 0 aliphatic carbocycles. The van der Waals surface area contributed by atoms with E-state index in [1.54, 1.807) is 25.3 Å². The second-order valence-electron chi connectivity index (χ2n) is 4.47. The van der Waals surface area contributed by atoms with Crippen molar-refractivity contribution in [3.8, 4) is 17.1 Å². The molecule has 1 aromatic heterocycles. The molecule has 5 nitrogen and oxygen atoms in total. The quantitative estimate of drug-likeness (QED) is 0.758. The van der Waals surface area contributed by atoms with Crippen LogP contribution in [0.1, 0.15) is 10.4 Å². The summed E-state index contributed by atoms with van der Waals surface area (Å²) in [5.41, 5.74) is 2.53. The summed E-state index contributed by atoms with van der Waals surface area (Å²) in [5, 5.41) is 9.01. The fraction of sp³-hybridized carbons (Fsp3) is 0.0667. The van der Waals surface area contributed by atoms with E-state index in [-0.39, 0.29) is 5.56 Å². The van der Waals surface area contributed by atoms with Crippen molar-refractivity contribution in [1.82, 2.24) is 9.97 Å². The van der Waals surface area contributed by atoms with Crippen LogP contribution in [0, 0.1) is 0 Å². The van der Waals surface area contributed by atoms with Crippen molar-refractivity contribution in [3.63, 3.8) is 0 Å². The van der Waals surface area contributed by atoms with Gasteiger partial charge in [-0.05, 0) is 52.3 Å². The Morgan fingerprint density at radius 3 is 2.76 bits per heavy atom. The summed E-state index contributed by atoms with van der Waals surface area (Å²) in [6.45, 7) is 0. The van der Waals surface area contributed by atoms with Crippen molar-refractivity contribution in [1.29, 1.82) is 0 Å². The Labute approximate surface area is 128 Å². The van der Waals surface area contributed by atoms with Crippen LogP contribution in [0.25, 0.3) is 22.4 Å². The number of rotatable bonds is 3. The van der Waals surface area contributed by atoms with Crippen LogP contribution in [0.15, 0.2) is 40.9 Å². The van der Waals surface area contributed by atoms with E-state index in [0.29, 0.717) is 11.3 Å². The fourth-order valence-corrected chi connectivity index (χ4v) is 2.63. The zero-order valence-corrected chi connectivity index (χ0v) is 12.6. The summed E-state index contributed by atoms with van der Waals surface area (Å²) in [7, 11) is 1.61. The number of nitrogens with one attached hydrogen (secondary N) is 1. The molecule has 0 spiro atoms. The largest absolute Gasteiger partial charge is 0.496 e. The number of ether oxygens (including phenoxy) is 1. The van der Waals surface area contributed by atoms with Crippen molar-refractivity contribution in [2.45, 2.75) is 0 Å². The number of aromatic nitrogens is 2. The van der Waals surface area contributed by atoms with Gasteiger partial charge in [-0.1, -0.05) is 0 Å². The van der Waals surface area contributed by atoms with E-state index in [2.05, 4.69) is 25.9 Å². The van der Waals surface area contributed by atoms with E-state index in [1.807, 2.05) is 18.2 Å². The summed E-state index contributed by atoms with van der Waals surface area (Å²) >= 11 is 3.43. The van der Waals surface area contributed by atoms with E-state index in [4.69, 9.17) is 9.84 Å². The SMILES string of the molecule is COc1ccc(-c2nc3ccc(C(=O)O)cc3[nH]2)cc1Br. The molecule has 0 radical (unpaired) electrons. The number of hydrogen-bond acceptors (Lipinski definition) is 3. The molecule has 106 valence electrons. The van der Waals surface area contributed by atoms with Gasteiger partial charge in [0.1, 0.15) is 11.6 Å². The van der Waals surface area contributed by atoms with Gasteiger partial charge in [0.05, 0.1) is 28.2 Å². The molecule has 1 heterocycles. The van der Waals surface area contributed by atoms with Crippen LogP contribution in [-0.2, 0) is 0 Å². The van der Waals surface area contributed by atoms with Gasteiger partial charge in [-0.15, -0.1) is 0 Å². The van der Waals surface area contributed by atoms with Gasteiger partial charge in [-0.3, -0.25) is 0 Å². The highest BCUT2D eigenvalue weighted by molar-refractivity contribution is 9.10. The maximum atomic E-state index is 11.0. The molecule has 2 N–H and O–H groups in total. The number of aromatic carboxylic acids is 1. The summed E-state index contributed by atoms with van der Waals surface area (Å²) in [6, 6.07) is 10.4. The number of imidazole rings is 1. The molecule has 0 amide bonds. The highest BCUT2D eigenvalue weighted by Crippen LogP contribution is 2.30. The molecule has 0 saturated carbocycles. The third kappa shape index (κ3) is 2.50. The number of nitrogens with zero attached hydrogens (tertiary/aromatic N) is 1. The molecular formula is C15H11BrN2O3. The molecular weight excluding hydrogens is 336 g/mol. The Hall–Kier alpha value is -2.34. The second kappa shape index (κ2) is 5.21. The molecule has 0 saturated heterocycles. The minimum absolute atomic E-state index is 0.230. The third-order valence-electron chi connectivity index (χ3n) is 3.15. The molecule has 0 aliphatic heterocycles. The molecule has 2 aromatic carbocycles. The maximum absolute atomic E-state index is 11.0. The van der Waals surface area contributed by atoms with E-state index in [9.17, 15) is 4.79 Å². The highest BCUT2D eigenvalue weighted by Gasteiger charge is 2.10. The molecule has 6 heteroatoms. The van der Waals surface area contributed by atoms with Gasteiger partial charge in [0.2, 0.25) is 0 Å². The summed E-state index contributed by atoms with van der Waals surface area (Å²) in [4.78, 5) is 18.6. The lowest BCUT2D eigenvalue weighted by atomic mass is 10.2. The summed E-state index contributed by atoms with van der Waals surface area (Å²) < 4.78 is 6.02. The number of fused-ring (bicyclic) bond motifs is 1. The lowest BCUT2D eigenvalue weighted by Gasteiger charge is -2.04. The van der Waals surface area contributed by atoms with E-state index >= 15 is 0 Å². The smallest absolute Gasteiger partial charge is 0.335 e. The first kappa shape index (κ1) is 13.6. The number of H-pyrrole nitrogens is 1. The van der Waals surface area contributed by atoms with Crippen LogP contribution in [0.5, 0.6) is 5.75 Å². The standard InChI is InChI=1S/C15H11BrN2O3/c1-21-13-5-3-8(6-10(13)16)14-17-11-4-2-9(15(19)20)7-12(11)18-14/h2-7H,1H3,(H,17,18)(H,19,20). The van der Waals surface area contributed by atoms with Gasteiger partial charge in [-0.2, -0.15) is 0 Å². The van der Waals surface area contributed by atoms with Gasteiger partial charge in [0, 0.05) is 5.56 Å². The van der Waals surface area contributed by atoms with Crippen LogP contribution in [0.2, 0.25) is 0 Å². The molecule has 0 bridgehead atoms. The van der Waals surface area contributed by atoms with Crippen LogP contribution in [0.4, 0.5) is 0 Å². The number of aromatic amines is 1. The van der Waals surface area contributed by atoms with Crippen LogP contribution in [-0.4, -0.2) is 28.2 Å². The summed E-state index contributed by atoms with van der Waals surface area (Å²) in [6.07, 6.45) is 0. The van der Waals surface area contributed by atoms with Crippen molar-refractivity contribution >= 4 is 32.9 Å². The highest BCUT2D eigenvalue weighted by atomic mass is 79.9. The molecule has 3 rings (SSSR count). The van der Waals surface area contributed by atoms with Gasteiger partial charge >= 0.3 is 5.97 Å².